The highest BCUT2D eigenvalue weighted by Gasteiger charge is 2.31. The predicted molar refractivity (Wildman–Crippen MR) is 92.8 cm³/mol. The molecule has 1 aliphatic rings. The van der Waals surface area contributed by atoms with Gasteiger partial charge in [-0.15, -0.1) is 0 Å². The summed E-state index contributed by atoms with van der Waals surface area (Å²) in [7, 11) is -3.46. The number of nitrogens with two attached hydrogens (primary N) is 1. The van der Waals surface area contributed by atoms with E-state index in [1.165, 1.54) is 0 Å². The van der Waals surface area contributed by atoms with Crippen LogP contribution in [0.2, 0.25) is 0 Å². The van der Waals surface area contributed by atoms with Crippen molar-refractivity contribution in [3.05, 3.63) is 47.9 Å². The summed E-state index contributed by atoms with van der Waals surface area (Å²) in [5.41, 5.74) is 7.39. The Hall–Kier alpha value is -1.99. The second-order valence-electron chi connectivity index (χ2n) is 6.23. The van der Waals surface area contributed by atoms with Crippen molar-refractivity contribution in [2.24, 2.45) is 5.92 Å². The van der Waals surface area contributed by atoms with Crippen LogP contribution in [-0.4, -0.2) is 35.8 Å². The molecule has 1 atom stereocenters. The lowest BCUT2D eigenvalue weighted by atomic mass is 9.94. The highest BCUT2D eigenvalue weighted by atomic mass is 32.2. The molecule has 0 saturated carbocycles. The summed E-state index contributed by atoms with van der Waals surface area (Å²) in [5, 5.41) is 0. The van der Waals surface area contributed by atoms with E-state index in [4.69, 9.17) is 5.73 Å². The molecule has 1 fully saturated rings. The first-order valence-corrected chi connectivity index (χ1v) is 9.53. The van der Waals surface area contributed by atoms with E-state index in [-0.39, 0.29) is 5.92 Å². The van der Waals surface area contributed by atoms with Crippen LogP contribution in [0.15, 0.2) is 41.6 Å². The second-order valence-corrected chi connectivity index (χ2v) is 8.14. The third-order valence-electron chi connectivity index (χ3n) is 4.48. The van der Waals surface area contributed by atoms with Crippen LogP contribution in [0, 0.1) is 12.8 Å². The zero-order valence-corrected chi connectivity index (χ0v) is 14.5. The predicted octanol–water partition coefficient (Wildman–Crippen LogP) is 2.01. The van der Waals surface area contributed by atoms with Gasteiger partial charge in [-0.25, -0.2) is 13.4 Å². The quantitative estimate of drug-likeness (QED) is 0.915. The van der Waals surface area contributed by atoms with E-state index in [1.807, 2.05) is 19.1 Å². The first-order chi connectivity index (χ1) is 11.5. The summed E-state index contributed by atoms with van der Waals surface area (Å²) in [4.78, 5) is 8.72. The molecular formula is C17H22N4O2S. The van der Waals surface area contributed by atoms with Crippen molar-refractivity contribution in [2.75, 3.05) is 18.8 Å². The average Bonchev–Trinajstić information content (AvgIpc) is 2.57. The van der Waals surface area contributed by atoms with Crippen LogP contribution >= 0.6 is 0 Å². The third-order valence-corrected chi connectivity index (χ3v) is 6.51. The normalized spacial score (nSPS) is 19.3. The smallest absolute Gasteiger partial charge is 0.243 e. The Balaban J connectivity index is 1.78. The van der Waals surface area contributed by atoms with Crippen molar-refractivity contribution in [1.82, 2.24) is 14.3 Å². The van der Waals surface area contributed by atoms with Crippen LogP contribution in [0.4, 0.5) is 5.82 Å². The minimum atomic E-state index is -3.46. The molecule has 2 heterocycles. The van der Waals surface area contributed by atoms with Gasteiger partial charge in [-0.3, -0.25) is 4.98 Å². The molecular weight excluding hydrogens is 324 g/mol. The van der Waals surface area contributed by atoms with Gasteiger partial charge in [-0.2, -0.15) is 4.31 Å². The van der Waals surface area contributed by atoms with Crippen molar-refractivity contribution in [1.29, 1.82) is 0 Å². The molecule has 1 saturated heterocycles. The van der Waals surface area contributed by atoms with Crippen LogP contribution in [0.1, 0.15) is 24.1 Å². The number of nitrogen functional groups attached to an aromatic ring is 1. The number of hydrogen-bond acceptors (Lipinski definition) is 5. The van der Waals surface area contributed by atoms with Crippen LogP contribution in [0.25, 0.3) is 0 Å². The summed E-state index contributed by atoms with van der Waals surface area (Å²) in [5.74, 6) is 0.632. The molecule has 0 amide bonds. The third kappa shape index (κ3) is 3.42. The topological polar surface area (TPSA) is 89.2 Å². The Labute approximate surface area is 142 Å². The molecule has 1 aromatic carbocycles. The lowest BCUT2D eigenvalue weighted by molar-refractivity contribution is 0.264. The molecule has 0 bridgehead atoms. The van der Waals surface area contributed by atoms with E-state index >= 15 is 0 Å². The van der Waals surface area contributed by atoms with Gasteiger partial charge >= 0.3 is 0 Å². The number of anilines is 1. The maximum absolute atomic E-state index is 12.9. The molecule has 24 heavy (non-hydrogen) atoms. The van der Waals surface area contributed by atoms with Crippen molar-refractivity contribution in [3.63, 3.8) is 0 Å². The monoisotopic (exact) mass is 346 g/mol. The van der Waals surface area contributed by atoms with Gasteiger partial charge in [0.2, 0.25) is 10.0 Å². The number of sulfonamides is 1. The second kappa shape index (κ2) is 6.86. The Morgan fingerprint density at radius 1 is 1.25 bits per heavy atom. The number of hydrogen-bond donors (Lipinski definition) is 1. The molecule has 0 unspecified atom stereocenters. The molecule has 7 heteroatoms. The number of aromatic nitrogens is 2. The van der Waals surface area contributed by atoms with Crippen molar-refractivity contribution in [2.45, 2.75) is 31.1 Å². The molecule has 128 valence electrons. The van der Waals surface area contributed by atoms with E-state index in [0.717, 1.165) is 24.1 Å². The Morgan fingerprint density at radius 3 is 2.75 bits per heavy atom. The van der Waals surface area contributed by atoms with Gasteiger partial charge in [-0.05, 0) is 43.7 Å². The van der Waals surface area contributed by atoms with Crippen molar-refractivity contribution >= 4 is 15.8 Å². The van der Waals surface area contributed by atoms with Crippen molar-refractivity contribution in [3.8, 4) is 0 Å². The highest BCUT2D eigenvalue weighted by Crippen LogP contribution is 2.27. The lowest BCUT2D eigenvalue weighted by Crippen LogP contribution is -2.40. The fourth-order valence-corrected chi connectivity index (χ4v) is 4.99. The molecule has 1 aromatic heterocycles. The fraction of sp³-hybridized carbons (Fsp3) is 0.412. The SMILES string of the molecule is Cc1ccccc1S(=O)(=O)N1CCC[C@@H](Cc2nccnc2N)C1. The van der Waals surface area contributed by atoms with Gasteiger partial charge in [0.05, 0.1) is 10.6 Å². The molecule has 0 aliphatic carbocycles. The number of nitrogens with zero attached hydrogens (tertiary/aromatic N) is 3. The zero-order chi connectivity index (χ0) is 17.2. The van der Waals surface area contributed by atoms with Crippen LogP contribution < -0.4 is 5.73 Å². The number of benzene rings is 1. The summed E-state index contributed by atoms with van der Waals surface area (Å²) in [6, 6.07) is 7.12. The largest absolute Gasteiger partial charge is 0.382 e. The molecule has 6 nitrogen and oxygen atoms in total. The van der Waals surface area contributed by atoms with Gasteiger partial charge in [-0.1, -0.05) is 18.2 Å². The average molecular weight is 346 g/mol. The Morgan fingerprint density at radius 2 is 2.00 bits per heavy atom. The van der Waals surface area contributed by atoms with Gasteiger partial charge < -0.3 is 5.73 Å². The summed E-state index contributed by atoms with van der Waals surface area (Å²) in [6.45, 7) is 2.88. The standard InChI is InChI=1S/C17H22N4O2S/c1-13-5-2-3-7-16(13)24(22,23)21-10-4-6-14(12-21)11-15-17(18)20-9-8-19-15/h2-3,5,7-9,14H,4,6,10-12H2,1H3,(H2,18,20)/t14-/m0/s1. The van der Waals surface area contributed by atoms with Crippen LogP contribution in [0.5, 0.6) is 0 Å². The van der Waals surface area contributed by atoms with Gasteiger partial charge in [0.1, 0.15) is 5.82 Å². The minimum Gasteiger partial charge on any atom is -0.382 e. The number of rotatable bonds is 4. The first kappa shape index (κ1) is 16.9. The minimum absolute atomic E-state index is 0.205. The number of piperidine rings is 1. The Bertz CT molecular complexity index is 823. The first-order valence-electron chi connectivity index (χ1n) is 8.09. The van der Waals surface area contributed by atoms with Crippen molar-refractivity contribution < 1.29 is 8.42 Å². The highest BCUT2D eigenvalue weighted by molar-refractivity contribution is 7.89. The van der Waals surface area contributed by atoms with Crippen LogP contribution in [0.3, 0.4) is 0 Å². The fourth-order valence-electron chi connectivity index (χ4n) is 3.21. The van der Waals surface area contributed by atoms with E-state index in [1.54, 1.807) is 28.8 Å². The molecule has 0 radical (unpaired) electrons. The molecule has 0 spiro atoms. The summed E-state index contributed by atoms with van der Waals surface area (Å²) in [6.07, 6.45) is 5.65. The van der Waals surface area contributed by atoms with E-state index in [9.17, 15) is 8.42 Å². The summed E-state index contributed by atoms with van der Waals surface area (Å²) >= 11 is 0. The van der Waals surface area contributed by atoms with Gasteiger partial charge in [0.25, 0.3) is 0 Å². The van der Waals surface area contributed by atoms with E-state index in [0.29, 0.717) is 30.2 Å². The lowest BCUT2D eigenvalue weighted by Gasteiger charge is -2.32. The van der Waals surface area contributed by atoms with E-state index in [2.05, 4.69) is 9.97 Å². The Kier molecular flexibility index (Phi) is 4.82. The maximum Gasteiger partial charge on any atom is 0.243 e. The molecule has 1 aliphatic heterocycles. The molecule has 3 rings (SSSR count). The van der Waals surface area contributed by atoms with E-state index < -0.39 is 10.0 Å². The van der Waals surface area contributed by atoms with Gasteiger partial charge in [0.15, 0.2) is 0 Å². The van der Waals surface area contributed by atoms with Crippen LogP contribution in [-0.2, 0) is 16.4 Å². The molecule has 2 aromatic rings. The summed E-state index contributed by atoms with van der Waals surface area (Å²) < 4.78 is 27.5. The molecule has 2 N–H and O–H groups in total. The number of aryl methyl sites for hydroxylation is 1. The maximum atomic E-state index is 12.9. The van der Waals surface area contributed by atoms with Gasteiger partial charge in [0, 0.05) is 25.5 Å². The zero-order valence-electron chi connectivity index (χ0n) is 13.7.